The second kappa shape index (κ2) is 5.69. The van der Waals surface area contributed by atoms with Crippen LogP contribution in [-0.4, -0.2) is 9.97 Å². The molecule has 1 aliphatic rings. The summed E-state index contributed by atoms with van der Waals surface area (Å²) in [5, 5.41) is 3.48. The average molecular weight is 283 g/mol. The molecule has 1 unspecified atom stereocenters. The Morgan fingerprint density at radius 2 is 1.81 bits per heavy atom. The molecule has 0 bridgehead atoms. The number of anilines is 2. The third-order valence-electron chi connectivity index (χ3n) is 3.90. The fourth-order valence-electron chi connectivity index (χ4n) is 2.37. The lowest BCUT2D eigenvalue weighted by Gasteiger charge is -2.18. The third kappa shape index (κ3) is 2.97. The monoisotopic (exact) mass is 283 g/mol. The van der Waals surface area contributed by atoms with Gasteiger partial charge in [-0.15, -0.1) is 0 Å². The van der Waals surface area contributed by atoms with Crippen LogP contribution in [0.15, 0.2) is 30.3 Å². The van der Waals surface area contributed by atoms with Gasteiger partial charge in [0.1, 0.15) is 17.5 Å². The fraction of sp³-hybridized carbons (Fsp3) is 0.375. The van der Waals surface area contributed by atoms with Crippen LogP contribution < -0.4 is 16.6 Å². The number of nitrogens with one attached hydrogen (secondary N) is 2. The van der Waals surface area contributed by atoms with E-state index in [-0.39, 0.29) is 6.04 Å². The van der Waals surface area contributed by atoms with Gasteiger partial charge in [-0.3, -0.25) is 0 Å². The first-order chi connectivity index (χ1) is 10.2. The van der Waals surface area contributed by atoms with Gasteiger partial charge in [0.2, 0.25) is 0 Å². The van der Waals surface area contributed by atoms with Crippen LogP contribution >= 0.6 is 0 Å². The van der Waals surface area contributed by atoms with Crippen molar-refractivity contribution in [3.63, 3.8) is 0 Å². The van der Waals surface area contributed by atoms with Gasteiger partial charge in [-0.25, -0.2) is 15.8 Å². The number of hydrazine groups is 1. The van der Waals surface area contributed by atoms with E-state index in [9.17, 15) is 0 Å². The third-order valence-corrected chi connectivity index (χ3v) is 3.90. The van der Waals surface area contributed by atoms with Crippen molar-refractivity contribution in [1.82, 2.24) is 9.97 Å². The SMILES string of the molecule is Cc1c(NN)nc(C2CC2)nc1NC(C)c1ccccc1. The van der Waals surface area contributed by atoms with Gasteiger partial charge in [-0.2, -0.15) is 0 Å². The minimum atomic E-state index is 0.178. The highest BCUT2D eigenvalue weighted by Gasteiger charge is 2.28. The first-order valence-electron chi connectivity index (χ1n) is 7.35. The summed E-state index contributed by atoms with van der Waals surface area (Å²) in [6.45, 7) is 4.11. The van der Waals surface area contributed by atoms with Gasteiger partial charge in [0.05, 0.1) is 0 Å². The topological polar surface area (TPSA) is 75.9 Å². The van der Waals surface area contributed by atoms with Crippen molar-refractivity contribution in [3.05, 3.63) is 47.3 Å². The highest BCUT2D eigenvalue weighted by atomic mass is 15.3. The Balaban J connectivity index is 1.88. The lowest BCUT2D eigenvalue weighted by atomic mass is 10.1. The number of benzene rings is 1. The number of hydrogen-bond donors (Lipinski definition) is 3. The number of nitrogens with two attached hydrogens (primary N) is 1. The number of hydrogen-bond acceptors (Lipinski definition) is 5. The predicted octanol–water partition coefficient (Wildman–Crippen LogP) is 3.12. The smallest absolute Gasteiger partial charge is 0.148 e. The van der Waals surface area contributed by atoms with E-state index in [2.05, 4.69) is 34.8 Å². The standard InChI is InChI=1S/C16H21N5/c1-10-14(18-11(2)12-6-4-3-5-7-12)19-16(13-8-9-13)20-15(10)21-17/h3-7,11,13H,8-9,17H2,1-2H3,(H2,18,19,20,21). The molecule has 1 aromatic carbocycles. The zero-order valence-corrected chi connectivity index (χ0v) is 12.4. The van der Waals surface area contributed by atoms with E-state index in [1.54, 1.807) is 0 Å². The molecule has 3 rings (SSSR count). The van der Waals surface area contributed by atoms with Crippen molar-refractivity contribution >= 4 is 11.6 Å². The van der Waals surface area contributed by atoms with Gasteiger partial charge >= 0.3 is 0 Å². The molecule has 21 heavy (non-hydrogen) atoms. The Morgan fingerprint density at radius 1 is 1.14 bits per heavy atom. The Labute approximate surface area is 125 Å². The lowest BCUT2D eigenvalue weighted by molar-refractivity contribution is 0.848. The van der Waals surface area contributed by atoms with Crippen LogP contribution in [0.2, 0.25) is 0 Å². The molecule has 0 amide bonds. The van der Waals surface area contributed by atoms with Crippen LogP contribution in [0.4, 0.5) is 11.6 Å². The van der Waals surface area contributed by atoms with E-state index in [4.69, 9.17) is 10.8 Å². The van der Waals surface area contributed by atoms with Gasteiger partial charge in [-0.1, -0.05) is 30.3 Å². The minimum Gasteiger partial charge on any atom is -0.363 e. The lowest BCUT2D eigenvalue weighted by Crippen LogP contribution is -2.16. The summed E-state index contributed by atoms with van der Waals surface area (Å²) < 4.78 is 0. The summed E-state index contributed by atoms with van der Waals surface area (Å²) in [5.74, 6) is 8.52. The molecule has 110 valence electrons. The van der Waals surface area contributed by atoms with Crippen molar-refractivity contribution < 1.29 is 0 Å². The molecule has 0 spiro atoms. The molecular weight excluding hydrogens is 262 g/mol. The van der Waals surface area contributed by atoms with E-state index in [1.165, 1.54) is 18.4 Å². The van der Waals surface area contributed by atoms with Gasteiger partial charge in [0, 0.05) is 17.5 Å². The number of aromatic nitrogens is 2. The van der Waals surface area contributed by atoms with Crippen LogP contribution in [0.3, 0.4) is 0 Å². The fourth-order valence-corrected chi connectivity index (χ4v) is 2.37. The molecule has 5 heteroatoms. The summed E-state index contributed by atoms with van der Waals surface area (Å²) in [6.07, 6.45) is 2.33. The van der Waals surface area contributed by atoms with Crippen LogP contribution in [0.25, 0.3) is 0 Å². The zero-order valence-electron chi connectivity index (χ0n) is 12.4. The number of nitrogens with zero attached hydrogens (tertiary/aromatic N) is 2. The molecular formula is C16H21N5. The van der Waals surface area contributed by atoms with E-state index >= 15 is 0 Å². The number of rotatable bonds is 5. The molecule has 2 aromatic rings. The molecule has 0 saturated heterocycles. The highest BCUT2D eigenvalue weighted by Crippen LogP contribution is 2.39. The molecule has 0 radical (unpaired) electrons. The Hall–Kier alpha value is -2.14. The van der Waals surface area contributed by atoms with Crippen LogP contribution in [-0.2, 0) is 0 Å². The largest absolute Gasteiger partial charge is 0.363 e. The second-order valence-electron chi connectivity index (χ2n) is 5.60. The second-order valence-corrected chi connectivity index (χ2v) is 5.60. The van der Waals surface area contributed by atoms with Gasteiger partial charge in [-0.05, 0) is 32.3 Å². The summed E-state index contributed by atoms with van der Waals surface area (Å²) >= 11 is 0. The van der Waals surface area contributed by atoms with Crippen molar-refractivity contribution in [2.75, 3.05) is 10.7 Å². The molecule has 0 aliphatic heterocycles. The van der Waals surface area contributed by atoms with E-state index in [0.717, 1.165) is 17.2 Å². The Morgan fingerprint density at radius 3 is 2.43 bits per heavy atom. The van der Waals surface area contributed by atoms with E-state index < -0.39 is 0 Å². The molecule has 1 aromatic heterocycles. The molecule has 1 fully saturated rings. The Bertz CT molecular complexity index is 622. The maximum absolute atomic E-state index is 5.58. The quantitative estimate of drug-likeness (QED) is 0.580. The maximum Gasteiger partial charge on any atom is 0.148 e. The molecule has 1 aliphatic carbocycles. The number of nitrogen functional groups attached to an aromatic ring is 1. The molecule has 4 N–H and O–H groups in total. The minimum absolute atomic E-state index is 0.178. The van der Waals surface area contributed by atoms with Crippen LogP contribution in [0.1, 0.15) is 48.7 Å². The first kappa shape index (κ1) is 13.8. The zero-order chi connectivity index (χ0) is 14.8. The van der Waals surface area contributed by atoms with Gasteiger partial charge in [0.25, 0.3) is 0 Å². The van der Waals surface area contributed by atoms with Gasteiger partial charge < -0.3 is 10.7 Å². The maximum atomic E-state index is 5.58. The van der Waals surface area contributed by atoms with Crippen LogP contribution in [0, 0.1) is 6.92 Å². The van der Waals surface area contributed by atoms with Gasteiger partial charge in [0.15, 0.2) is 0 Å². The summed E-state index contributed by atoms with van der Waals surface area (Å²) in [7, 11) is 0. The van der Waals surface area contributed by atoms with E-state index in [0.29, 0.717) is 11.7 Å². The van der Waals surface area contributed by atoms with E-state index in [1.807, 2.05) is 25.1 Å². The normalized spacial score (nSPS) is 15.6. The van der Waals surface area contributed by atoms with Crippen molar-refractivity contribution in [1.29, 1.82) is 0 Å². The highest BCUT2D eigenvalue weighted by molar-refractivity contribution is 5.57. The molecule has 5 nitrogen and oxygen atoms in total. The van der Waals surface area contributed by atoms with Crippen LogP contribution in [0.5, 0.6) is 0 Å². The van der Waals surface area contributed by atoms with Crippen molar-refractivity contribution in [2.45, 2.75) is 38.6 Å². The summed E-state index contributed by atoms with van der Waals surface area (Å²) in [6, 6.07) is 10.5. The summed E-state index contributed by atoms with van der Waals surface area (Å²) in [4.78, 5) is 9.20. The Kier molecular flexibility index (Phi) is 3.75. The predicted molar refractivity (Wildman–Crippen MR) is 85.0 cm³/mol. The molecule has 1 saturated carbocycles. The van der Waals surface area contributed by atoms with Crippen molar-refractivity contribution in [3.8, 4) is 0 Å². The summed E-state index contributed by atoms with van der Waals surface area (Å²) in [5.41, 5.74) is 4.86. The average Bonchev–Trinajstić information content (AvgIpc) is 3.35. The molecule has 1 heterocycles. The first-order valence-corrected chi connectivity index (χ1v) is 7.35. The van der Waals surface area contributed by atoms with Crippen molar-refractivity contribution in [2.24, 2.45) is 5.84 Å². The molecule has 1 atom stereocenters.